The van der Waals surface area contributed by atoms with Gasteiger partial charge in [-0.2, -0.15) is 0 Å². The van der Waals surface area contributed by atoms with E-state index in [0.717, 1.165) is 0 Å². The normalized spacial score (nSPS) is 11.4. The number of thiazole rings is 1. The Labute approximate surface area is 120 Å². The van der Waals surface area contributed by atoms with E-state index in [1.807, 2.05) is 6.92 Å². The lowest BCUT2D eigenvalue weighted by Gasteiger charge is -2.07. The molecule has 0 fully saturated rings. The fourth-order valence-corrected chi connectivity index (χ4v) is 4.10. The van der Waals surface area contributed by atoms with Crippen molar-refractivity contribution < 1.29 is 18.3 Å². The maximum Gasteiger partial charge on any atom is 0.336 e. The minimum atomic E-state index is -3.58. The van der Waals surface area contributed by atoms with Crippen LogP contribution < -0.4 is 0 Å². The van der Waals surface area contributed by atoms with Crippen LogP contribution in [-0.2, 0) is 22.0 Å². The van der Waals surface area contributed by atoms with E-state index in [9.17, 15) is 13.2 Å². The van der Waals surface area contributed by atoms with E-state index in [-0.39, 0.29) is 16.2 Å². The molecule has 0 amide bonds. The molecular formula is C13H13NO4S2. The molecule has 2 aromatic rings. The number of sulfone groups is 1. The quantitative estimate of drug-likeness (QED) is 0.916. The van der Waals surface area contributed by atoms with Crippen molar-refractivity contribution in [1.82, 2.24) is 4.98 Å². The number of carboxylic acids is 1. The van der Waals surface area contributed by atoms with Crippen LogP contribution in [0.15, 0.2) is 34.7 Å². The van der Waals surface area contributed by atoms with Gasteiger partial charge in [-0.05, 0) is 24.1 Å². The van der Waals surface area contributed by atoms with Crippen LogP contribution in [0.4, 0.5) is 0 Å². The zero-order chi connectivity index (χ0) is 14.8. The van der Waals surface area contributed by atoms with E-state index in [1.165, 1.54) is 23.5 Å². The topological polar surface area (TPSA) is 84.3 Å². The first-order chi connectivity index (χ1) is 9.44. The van der Waals surface area contributed by atoms with Crippen LogP contribution >= 0.6 is 11.3 Å². The Hall–Kier alpha value is -1.73. The Balaban J connectivity index is 2.42. The summed E-state index contributed by atoms with van der Waals surface area (Å²) in [6, 6.07) is 4.23. The Morgan fingerprint density at radius 3 is 2.70 bits per heavy atom. The highest BCUT2D eigenvalue weighted by molar-refractivity contribution is 7.90. The van der Waals surface area contributed by atoms with Gasteiger partial charge in [-0.25, -0.2) is 18.2 Å². The minimum absolute atomic E-state index is 0.0160. The molecule has 0 atom stereocenters. The Kier molecular flexibility index (Phi) is 4.20. The molecule has 2 rings (SSSR count). The van der Waals surface area contributed by atoms with Crippen LogP contribution in [0, 0.1) is 0 Å². The van der Waals surface area contributed by atoms with E-state index in [1.54, 1.807) is 17.6 Å². The van der Waals surface area contributed by atoms with Crippen LogP contribution in [0.5, 0.6) is 0 Å². The highest BCUT2D eigenvalue weighted by atomic mass is 32.2. The molecule has 7 heteroatoms. The number of nitrogens with zero attached hydrogens (tertiary/aromatic N) is 1. The van der Waals surface area contributed by atoms with Gasteiger partial charge in [0.05, 0.1) is 10.5 Å². The van der Waals surface area contributed by atoms with E-state index in [2.05, 4.69) is 4.98 Å². The van der Waals surface area contributed by atoms with Crippen LogP contribution in [0.1, 0.15) is 27.9 Å². The zero-order valence-corrected chi connectivity index (χ0v) is 12.4. The highest BCUT2D eigenvalue weighted by Gasteiger charge is 2.20. The van der Waals surface area contributed by atoms with Crippen molar-refractivity contribution in [3.8, 4) is 0 Å². The fourth-order valence-electron chi connectivity index (χ4n) is 1.83. The summed E-state index contributed by atoms with van der Waals surface area (Å²) in [4.78, 5) is 15.1. The molecular weight excluding hydrogens is 298 g/mol. The van der Waals surface area contributed by atoms with Gasteiger partial charge >= 0.3 is 5.97 Å². The van der Waals surface area contributed by atoms with Crippen LogP contribution in [0.3, 0.4) is 0 Å². The molecule has 1 aromatic carbocycles. The third-order valence-corrected chi connectivity index (χ3v) is 5.44. The van der Waals surface area contributed by atoms with Crippen LogP contribution in [-0.4, -0.2) is 24.5 Å². The van der Waals surface area contributed by atoms with Gasteiger partial charge < -0.3 is 5.11 Å². The summed E-state index contributed by atoms with van der Waals surface area (Å²) in [7, 11) is -3.58. The van der Waals surface area contributed by atoms with Gasteiger partial charge in [-0.3, -0.25) is 0 Å². The zero-order valence-electron chi connectivity index (χ0n) is 10.7. The van der Waals surface area contributed by atoms with Crippen LogP contribution in [0.25, 0.3) is 0 Å². The number of rotatable bonds is 5. The van der Waals surface area contributed by atoms with Gasteiger partial charge in [0.2, 0.25) is 0 Å². The summed E-state index contributed by atoms with van der Waals surface area (Å²) in [5.41, 5.74) is 0.651. The molecule has 106 valence electrons. The summed E-state index contributed by atoms with van der Waals surface area (Å²) in [6.45, 7) is 1.82. The largest absolute Gasteiger partial charge is 0.478 e. The molecule has 0 aliphatic rings. The van der Waals surface area contributed by atoms with Crippen molar-refractivity contribution in [2.75, 3.05) is 0 Å². The lowest BCUT2D eigenvalue weighted by Crippen LogP contribution is -2.08. The second-order valence-electron chi connectivity index (χ2n) is 4.16. The molecule has 0 bridgehead atoms. The maximum atomic E-state index is 12.2. The average Bonchev–Trinajstić information content (AvgIpc) is 2.89. The molecule has 0 aliphatic heterocycles. The Morgan fingerprint density at radius 1 is 1.40 bits per heavy atom. The molecule has 0 saturated carbocycles. The summed E-state index contributed by atoms with van der Waals surface area (Å²) in [6.07, 6.45) is 2.08. The van der Waals surface area contributed by atoms with Gasteiger partial charge in [0.1, 0.15) is 10.8 Å². The molecule has 0 radical (unpaired) electrons. The van der Waals surface area contributed by atoms with Crippen LogP contribution in [0.2, 0.25) is 0 Å². The van der Waals surface area contributed by atoms with Crippen molar-refractivity contribution in [1.29, 1.82) is 0 Å². The van der Waals surface area contributed by atoms with E-state index in [4.69, 9.17) is 5.11 Å². The van der Waals surface area contributed by atoms with Gasteiger partial charge in [0.25, 0.3) is 0 Å². The minimum Gasteiger partial charge on any atom is -0.478 e. The monoisotopic (exact) mass is 311 g/mol. The van der Waals surface area contributed by atoms with Gasteiger partial charge in [-0.15, -0.1) is 11.3 Å². The summed E-state index contributed by atoms with van der Waals surface area (Å²) in [5, 5.41) is 11.3. The molecule has 1 aromatic heterocycles. The van der Waals surface area contributed by atoms with Gasteiger partial charge in [0.15, 0.2) is 9.84 Å². The first-order valence-electron chi connectivity index (χ1n) is 5.91. The number of carboxylic acid groups (broad SMARTS) is 1. The number of aryl methyl sites for hydroxylation is 1. The van der Waals surface area contributed by atoms with Crippen molar-refractivity contribution in [2.24, 2.45) is 0 Å². The number of carbonyl (C=O) groups is 1. The summed E-state index contributed by atoms with van der Waals surface area (Å²) >= 11 is 1.26. The van der Waals surface area contributed by atoms with Crippen molar-refractivity contribution in [2.45, 2.75) is 24.0 Å². The number of benzene rings is 1. The average molecular weight is 311 g/mol. The second-order valence-corrected chi connectivity index (χ2v) is 7.13. The number of hydrogen-bond acceptors (Lipinski definition) is 5. The molecule has 5 nitrogen and oxygen atoms in total. The third kappa shape index (κ3) is 3.05. The third-order valence-electron chi connectivity index (χ3n) is 2.85. The summed E-state index contributed by atoms with van der Waals surface area (Å²) in [5.74, 6) is -1.33. The number of hydrogen-bond donors (Lipinski definition) is 1. The smallest absolute Gasteiger partial charge is 0.336 e. The fraction of sp³-hybridized carbons (Fsp3) is 0.231. The molecule has 0 aliphatic carbocycles. The number of aromatic carboxylic acids is 1. The standard InChI is InChI=1S/C13H13NO4S2/c1-2-9-3-4-10(7-11(9)13(15)16)20(17,18)8-12-14-5-6-19-12/h3-7H,2,8H2,1H3,(H,15,16). The van der Waals surface area contributed by atoms with Crippen molar-refractivity contribution in [3.63, 3.8) is 0 Å². The Bertz CT molecular complexity index is 721. The second kappa shape index (κ2) is 5.72. The lowest BCUT2D eigenvalue weighted by molar-refractivity contribution is 0.0695. The van der Waals surface area contributed by atoms with Gasteiger partial charge in [-0.1, -0.05) is 13.0 Å². The Morgan fingerprint density at radius 2 is 2.15 bits per heavy atom. The molecule has 0 spiro atoms. The predicted molar refractivity (Wildman–Crippen MR) is 75.8 cm³/mol. The molecule has 0 unspecified atom stereocenters. The summed E-state index contributed by atoms with van der Waals surface area (Å²) < 4.78 is 24.5. The van der Waals surface area contributed by atoms with E-state index < -0.39 is 15.8 Å². The molecule has 0 saturated heterocycles. The molecule has 1 N–H and O–H groups in total. The van der Waals surface area contributed by atoms with Crippen molar-refractivity contribution in [3.05, 3.63) is 45.9 Å². The maximum absolute atomic E-state index is 12.2. The van der Waals surface area contributed by atoms with Crippen molar-refractivity contribution >= 4 is 27.1 Å². The lowest BCUT2D eigenvalue weighted by atomic mass is 10.1. The first-order valence-corrected chi connectivity index (χ1v) is 8.44. The SMILES string of the molecule is CCc1ccc(S(=O)(=O)Cc2nccs2)cc1C(=O)O. The van der Waals surface area contributed by atoms with Gasteiger partial charge in [0, 0.05) is 11.6 Å². The predicted octanol–water partition coefficient (Wildman–Crippen LogP) is 2.38. The van der Waals surface area contributed by atoms with E-state index >= 15 is 0 Å². The van der Waals surface area contributed by atoms with E-state index in [0.29, 0.717) is 17.0 Å². The molecule has 1 heterocycles. The number of aromatic nitrogens is 1. The highest BCUT2D eigenvalue weighted by Crippen LogP contribution is 2.21. The molecule has 20 heavy (non-hydrogen) atoms. The first kappa shape index (κ1) is 14.7.